The highest BCUT2D eigenvalue weighted by Crippen LogP contribution is 2.32. The van der Waals surface area contributed by atoms with E-state index in [1.807, 2.05) is 60.7 Å². The SMILES string of the molecule is CC(CCOCc1ccccc1)(C(=O)Nc1nc(-c2ccccc2)ns1)S(=O)(=O)c1ccc(Cl)cc1. The molecule has 0 saturated carbocycles. The molecule has 10 heteroatoms. The van der Waals surface area contributed by atoms with Crippen molar-refractivity contribution < 1.29 is 17.9 Å². The molecule has 36 heavy (non-hydrogen) atoms. The number of anilines is 1. The lowest BCUT2D eigenvalue weighted by Gasteiger charge is -2.28. The van der Waals surface area contributed by atoms with E-state index in [0.29, 0.717) is 17.5 Å². The summed E-state index contributed by atoms with van der Waals surface area (Å²) in [6.45, 7) is 1.75. The minimum atomic E-state index is -4.12. The quantitative estimate of drug-likeness (QED) is 0.261. The molecule has 1 N–H and O–H groups in total. The van der Waals surface area contributed by atoms with Crippen LogP contribution in [0.1, 0.15) is 18.9 Å². The van der Waals surface area contributed by atoms with E-state index in [2.05, 4.69) is 14.7 Å². The monoisotopic (exact) mass is 541 g/mol. The lowest BCUT2D eigenvalue weighted by molar-refractivity contribution is -0.118. The van der Waals surface area contributed by atoms with Crippen LogP contribution < -0.4 is 5.32 Å². The van der Waals surface area contributed by atoms with Crippen LogP contribution >= 0.6 is 23.1 Å². The molecule has 1 amide bonds. The first-order chi connectivity index (χ1) is 17.3. The zero-order valence-electron chi connectivity index (χ0n) is 19.4. The molecule has 0 fully saturated rings. The minimum absolute atomic E-state index is 0.00477. The molecular formula is C26H24ClN3O4S2. The van der Waals surface area contributed by atoms with Crippen LogP contribution in [-0.4, -0.2) is 35.0 Å². The highest BCUT2D eigenvalue weighted by Gasteiger charge is 2.47. The van der Waals surface area contributed by atoms with Gasteiger partial charge in [-0.05, 0) is 43.2 Å². The van der Waals surface area contributed by atoms with Gasteiger partial charge < -0.3 is 4.74 Å². The fourth-order valence-electron chi connectivity index (χ4n) is 3.48. The van der Waals surface area contributed by atoms with Crippen LogP contribution in [0.4, 0.5) is 5.13 Å². The van der Waals surface area contributed by atoms with Gasteiger partial charge in [-0.2, -0.15) is 9.36 Å². The Balaban J connectivity index is 1.56. The summed E-state index contributed by atoms with van der Waals surface area (Å²) in [5.74, 6) is -0.263. The maximum atomic E-state index is 13.7. The Morgan fingerprint density at radius 2 is 1.64 bits per heavy atom. The molecule has 1 unspecified atom stereocenters. The molecule has 7 nitrogen and oxygen atoms in total. The Morgan fingerprint density at radius 1 is 1.00 bits per heavy atom. The Labute approximate surface area is 219 Å². The van der Waals surface area contributed by atoms with Crippen LogP contribution in [0.15, 0.2) is 89.8 Å². The molecule has 186 valence electrons. The lowest BCUT2D eigenvalue weighted by Crippen LogP contribution is -2.48. The fraction of sp³-hybridized carbons (Fsp3) is 0.192. The van der Waals surface area contributed by atoms with Crippen molar-refractivity contribution in [3.05, 3.63) is 95.5 Å². The van der Waals surface area contributed by atoms with E-state index < -0.39 is 20.5 Å². The number of hydrogen-bond acceptors (Lipinski definition) is 7. The summed E-state index contributed by atoms with van der Waals surface area (Å²) in [5, 5.41) is 3.27. The average Bonchev–Trinajstić information content (AvgIpc) is 3.36. The first-order valence-electron chi connectivity index (χ1n) is 11.1. The summed E-state index contributed by atoms with van der Waals surface area (Å²) >= 11 is 6.94. The molecule has 0 aliphatic rings. The molecule has 0 spiro atoms. The van der Waals surface area contributed by atoms with Gasteiger partial charge in [-0.15, -0.1) is 0 Å². The largest absolute Gasteiger partial charge is 0.377 e. The third-order valence-electron chi connectivity index (χ3n) is 5.71. The number of hydrogen-bond donors (Lipinski definition) is 1. The van der Waals surface area contributed by atoms with Gasteiger partial charge in [0.2, 0.25) is 11.0 Å². The molecular weight excluding hydrogens is 518 g/mol. The van der Waals surface area contributed by atoms with E-state index in [1.54, 1.807) is 0 Å². The van der Waals surface area contributed by atoms with E-state index in [4.69, 9.17) is 16.3 Å². The van der Waals surface area contributed by atoms with Crippen LogP contribution in [0.3, 0.4) is 0 Å². The Bertz CT molecular complexity index is 1410. The Morgan fingerprint density at radius 3 is 2.31 bits per heavy atom. The normalized spacial score (nSPS) is 13.2. The number of carbonyl (C=O) groups excluding carboxylic acids is 1. The molecule has 4 aromatic rings. The lowest BCUT2D eigenvalue weighted by atomic mass is 10.1. The van der Waals surface area contributed by atoms with E-state index >= 15 is 0 Å². The maximum Gasteiger partial charge on any atom is 0.247 e. The van der Waals surface area contributed by atoms with Gasteiger partial charge in [-0.25, -0.2) is 8.42 Å². The second kappa shape index (κ2) is 11.3. The van der Waals surface area contributed by atoms with E-state index in [0.717, 1.165) is 22.7 Å². The van der Waals surface area contributed by atoms with E-state index in [9.17, 15) is 13.2 Å². The number of sulfone groups is 1. The third kappa shape index (κ3) is 5.82. The molecule has 0 aliphatic heterocycles. The molecule has 4 rings (SSSR count). The first-order valence-corrected chi connectivity index (χ1v) is 13.8. The molecule has 0 bridgehead atoms. The zero-order valence-corrected chi connectivity index (χ0v) is 21.8. The van der Waals surface area contributed by atoms with Crippen molar-refractivity contribution in [1.29, 1.82) is 0 Å². The van der Waals surface area contributed by atoms with Gasteiger partial charge in [-0.1, -0.05) is 72.3 Å². The summed E-state index contributed by atoms with van der Waals surface area (Å²) in [6.07, 6.45) is -0.0685. The number of ether oxygens (including phenoxy) is 1. The van der Waals surface area contributed by atoms with Crippen molar-refractivity contribution >= 4 is 44.0 Å². The number of nitrogens with one attached hydrogen (secondary N) is 1. The zero-order chi connectivity index (χ0) is 25.6. The van der Waals surface area contributed by atoms with Crippen molar-refractivity contribution in [1.82, 2.24) is 9.36 Å². The molecule has 1 atom stereocenters. The molecule has 0 aliphatic carbocycles. The third-order valence-corrected chi connectivity index (χ3v) is 9.06. The standard InChI is InChI=1S/C26H24ClN3O4S2/c1-26(16-17-34-18-19-8-4-2-5-9-19,36(32,33)22-14-12-21(27)13-15-22)24(31)29-25-28-23(30-35-25)20-10-6-3-7-11-20/h2-15H,16-18H2,1H3,(H,28,29,30,31). The summed E-state index contributed by atoms with van der Waals surface area (Å²) in [7, 11) is -4.12. The number of halogens is 1. The average molecular weight is 542 g/mol. The van der Waals surface area contributed by atoms with Gasteiger partial charge in [0, 0.05) is 28.7 Å². The van der Waals surface area contributed by atoms with Crippen LogP contribution in [-0.2, 0) is 26.0 Å². The molecule has 0 saturated heterocycles. The summed E-state index contributed by atoms with van der Waals surface area (Å²) in [6, 6.07) is 24.6. The first kappa shape index (κ1) is 26.0. The van der Waals surface area contributed by atoms with Crippen molar-refractivity contribution in [3.63, 3.8) is 0 Å². The summed E-state index contributed by atoms with van der Waals surface area (Å²) < 4.78 is 35.6. The van der Waals surface area contributed by atoms with Crippen LogP contribution in [0.5, 0.6) is 0 Å². The highest BCUT2D eigenvalue weighted by molar-refractivity contribution is 7.93. The van der Waals surface area contributed by atoms with Gasteiger partial charge >= 0.3 is 0 Å². The number of carbonyl (C=O) groups is 1. The van der Waals surface area contributed by atoms with Crippen molar-refractivity contribution in [2.24, 2.45) is 0 Å². The number of amides is 1. The summed E-state index contributed by atoms with van der Waals surface area (Å²) in [5.41, 5.74) is 1.74. The predicted octanol–water partition coefficient (Wildman–Crippen LogP) is 5.64. The number of rotatable bonds is 10. The smallest absolute Gasteiger partial charge is 0.247 e. The van der Waals surface area contributed by atoms with Gasteiger partial charge in [0.15, 0.2) is 20.4 Å². The number of nitrogens with zero attached hydrogens (tertiary/aromatic N) is 2. The highest BCUT2D eigenvalue weighted by atomic mass is 35.5. The molecule has 0 radical (unpaired) electrons. The van der Waals surface area contributed by atoms with E-state index in [-0.39, 0.29) is 23.1 Å². The van der Waals surface area contributed by atoms with Crippen LogP contribution in [0, 0.1) is 0 Å². The molecule has 1 aromatic heterocycles. The second-order valence-corrected chi connectivity index (χ2v) is 11.8. The van der Waals surface area contributed by atoms with Crippen LogP contribution in [0.2, 0.25) is 5.02 Å². The number of aromatic nitrogens is 2. The topological polar surface area (TPSA) is 98.2 Å². The van der Waals surface area contributed by atoms with Crippen molar-refractivity contribution in [2.45, 2.75) is 29.6 Å². The molecule has 3 aromatic carbocycles. The van der Waals surface area contributed by atoms with Gasteiger partial charge in [0.25, 0.3) is 0 Å². The number of benzene rings is 3. The summed E-state index contributed by atoms with van der Waals surface area (Å²) in [4.78, 5) is 17.9. The predicted molar refractivity (Wildman–Crippen MR) is 142 cm³/mol. The molecule has 1 heterocycles. The van der Waals surface area contributed by atoms with Gasteiger partial charge in [-0.3, -0.25) is 10.1 Å². The van der Waals surface area contributed by atoms with Gasteiger partial charge in [0.05, 0.1) is 11.5 Å². The van der Waals surface area contributed by atoms with Crippen LogP contribution in [0.25, 0.3) is 11.4 Å². The van der Waals surface area contributed by atoms with Gasteiger partial charge in [0.1, 0.15) is 0 Å². The van der Waals surface area contributed by atoms with Crippen molar-refractivity contribution in [3.8, 4) is 11.4 Å². The van der Waals surface area contributed by atoms with E-state index in [1.165, 1.54) is 31.2 Å². The van der Waals surface area contributed by atoms with Crippen molar-refractivity contribution in [2.75, 3.05) is 11.9 Å². The minimum Gasteiger partial charge on any atom is -0.377 e. The Kier molecular flexibility index (Phi) is 8.15. The maximum absolute atomic E-state index is 13.7. The second-order valence-electron chi connectivity index (χ2n) is 8.22. The fourth-order valence-corrected chi connectivity index (χ4v) is 5.86. The Hall–Kier alpha value is -3.11.